The third-order valence-corrected chi connectivity index (χ3v) is 2.62. The first-order chi connectivity index (χ1) is 8.77. The maximum absolute atomic E-state index is 11.3. The van der Waals surface area contributed by atoms with Gasteiger partial charge in [0.05, 0.1) is 13.2 Å². The van der Waals surface area contributed by atoms with E-state index in [9.17, 15) is 14.4 Å². The predicted molar refractivity (Wildman–Crippen MR) is 78.2 cm³/mol. The van der Waals surface area contributed by atoms with Crippen LogP contribution in [0.25, 0.3) is 0 Å². The minimum atomic E-state index is -1.42. The van der Waals surface area contributed by atoms with Crippen molar-refractivity contribution in [1.82, 2.24) is 10.6 Å². The highest BCUT2D eigenvalue weighted by molar-refractivity contribution is 9.26. The second-order valence-corrected chi connectivity index (χ2v) is 7.22. The second-order valence-electron chi connectivity index (χ2n) is 3.66. The van der Waals surface area contributed by atoms with Gasteiger partial charge in [-0.1, -0.05) is 45.2 Å². The number of carbonyl (C=O) groups is 3. The van der Waals surface area contributed by atoms with E-state index in [1.165, 1.54) is 0 Å². The van der Waals surface area contributed by atoms with Gasteiger partial charge in [0.25, 0.3) is 0 Å². The molecule has 0 saturated heterocycles. The SMILES string of the molecule is [B]C(Br)(Br)C(=O)NCC(=O)NCC(=O)OCCCC. The topological polar surface area (TPSA) is 84.5 Å². The number of ether oxygens (including phenoxy) is 1. The van der Waals surface area contributed by atoms with Crippen molar-refractivity contribution in [2.24, 2.45) is 0 Å². The van der Waals surface area contributed by atoms with Crippen molar-refractivity contribution in [1.29, 1.82) is 0 Å². The highest BCUT2D eigenvalue weighted by Crippen LogP contribution is 2.20. The number of unbranched alkanes of at least 4 members (excludes halogenated alkanes) is 1. The van der Waals surface area contributed by atoms with Crippen molar-refractivity contribution in [3.63, 3.8) is 0 Å². The number of carbonyl (C=O) groups excluding carboxylic acids is 3. The molecule has 0 spiro atoms. The van der Waals surface area contributed by atoms with Gasteiger partial charge in [0, 0.05) is 0 Å². The lowest BCUT2D eigenvalue weighted by atomic mass is 10.0. The number of amides is 2. The molecule has 19 heavy (non-hydrogen) atoms. The molecule has 2 radical (unpaired) electrons. The fraction of sp³-hybridized carbons (Fsp3) is 0.700. The van der Waals surface area contributed by atoms with Crippen molar-refractivity contribution in [2.75, 3.05) is 19.7 Å². The molecule has 0 aromatic carbocycles. The van der Waals surface area contributed by atoms with Crippen molar-refractivity contribution >= 4 is 57.5 Å². The number of hydrogen-bond donors (Lipinski definition) is 2. The Balaban J connectivity index is 3.76. The zero-order valence-electron chi connectivity index (χ0n) is 10.5. The number of rotatable bonds is 8. The lowest BCUT2D eigenvalue weighted by molar-refractivity contribution is -0.144. The Kier molecular flexibility index (Phi) is 9.08. The van der Waals surface area contributed by atoms with Gasteiger partial charge < -0.3 is 15.4 Å². The molecule has 0 bridgehead atoms. The van der Waals surface area contributed by atoms with Crippen LogP contribution in [0.15, 0.2) is 0 Å². The summed E-state index contributed by atoms with van der Waals surface area (Å²) in [4.78, 5) is 33.7. The Morgan fingerprint density at radius 1 is 1.21 bits per heavy atom. The van der Waals surface area contributed by atoms with Crippen LogP contribution in [-0.4, -0.2) is 48.5 Å². The van der Waals surface area contributed by atoms with Gasteiger partial charge in [-0.2, -0.15) is 0 Å². The zero-order valence-corrected chi connectivity index (χ0v) is 13.7. The second kappa shape index (κ2) is 9.36. The molecule has 0 aliphatic heterocycles. The van der Waals surface area contributed by atoms with E-state index in [0.29, 0.717) is 6.61 Å². The van der Waals surface area contributed by atoms with E-state index < -0.39 is 20.9 Å². The first kappa shape index (κ1) is 18.4. The van der Waals surface area contributed by atoms with Crippen LogP contribution in [0.4, 0.5) is 0 Å². The van der Waals surface area contributed by atoms with E-state index in [1.54, 1.807) is 0 Å². The van der Waals surface area contributed by atoms with E-state index in [0.717, 1.165) is 12.8 Å². The van der Waals surface area contributed by atoms with E-state index in [1.807, 2.05) is 6.92 Å². The average Bonchev–Trinajstić information content (AvgIpc) is 2.32. The van der Waals surface area contributed by atoms with Crippen LogP contribution in [-0.2, 0) is 19.1 Å². The number of alkyl halides is 2. The summed E-state index contributed by atoms with van der Waals surface area (Å²) in [6.45, 7) is 1.81. The molecule has 0 fully saturated rings. The minimum Gasteiger partial charge on any atom is -0.464 e. The number of halogens is 2. The largest absolute Gasteiger partial charge is 0.464 e. The fourth-order valence-corrected chi connectivity index (χ4v) is 1.17. The van der Waals surface area contributed by atoms with Crippen molar-refractivity contribution in [3.05, 3.63) is 0 Å². The molecule has 2 amide bonds. The van der Waals surface area contributed by atoms with Crippen LogP contribution in [0.1, 0.15) is 19.8 Å². The lowest BCUT2D eigenvalue weighted by Gasteiger charge is -2.14. The monoisotopic (exact) mass is 396 g/mol. The van der Waals surface area contributed by atoms with Gasteiger partial charge in [-0.3, -0.25) is 14.4 Å². The van der Waals surface area contributed by atoms with E-state index >= 15 is 0 Å². The normalized spacial score (nSPS) is 10.7. The Bertz CT molecular complexity index is 334. The molecule has 0 heterocycles. The fourth-order valence-electron chi connectivity index (χ4n) is 0.893. The number of esters is 1. The highest BCUT2D eigenvalue weighted by Gasteiger charge is 2.25. The standard InChI is InChI=1S/C10H15BBr2N2O4/c1-2-3-4-19-8(17)6-14-7(16)5-15-9(18)10(11,12)13/h2-6H2,1H3,(H,14,16)(H,15,18). The van der Waals surface area contributed by atoms with Gasteiger partial charge in [0.15, 0.2) is 0 Å². The third-order valence-electron chi connectivity index (χ3n) is 1.90. The molecule has 0 saturated carbocycles. The summed E-state index contributed by atoms with van der Waals surface area (Å²) in [5.74, 6) is -1.62. The van der Waals surface area contributed by atoms with Crippen LogP contribution in [0.2, 0.25) is 0 Å². The van der Waals surface area contributed by atoms with Gasteiger partial charge >= 0.3 is 5.97 Å². The summed E-state index contributed by atoms with van der Waals surface area (Å²) in [6, 6.07) is 0. The summed E-state index contributed by atoms with van der Waals surface area (Å²) in [5.41, 5.74) is 0. The summed E-state index contributed by atoms with van der Waals surface area (Å²) in [7, 11) is 5.37. The van der Waals surface area contributed by atoms with Gasteiger partial charge in [-0.05, 0) is 6.42 Å². The maximum atomic E-state index is 11.3. The molecule has 106 valence electrons. The molecule has 0 aromatic rings. The molecular formula is C10H15BBr2N2O4. The van der Waals surface area contributed by atoms with Crippen molar-refractivity contribution < 1.29 is 19.1 Å². The van der Waals surface area contributed by atoms with Gasteiger partial charge in [-0.15, -0.1) is 0 Å². The lowest BCUT2D eigenvalue weighted by Crippen LogP contribution is -2.44. The molecule has 0 aromatic heterocycles. The summed E-state index contributed by atoms with van der Waals surface area (Å²) in [5, 5.41) is 4.59. The maximum Gasteiger partial charge on any atom is 0.325 e. The molecule has 9 heteroatoms. The zero-order chi connectivity index (χ0) is 14.9. The molecule has 0 rings (SSSR count). The van der Waals surface area contributed by atoms with Crippen LogP contribution >= 0.6 is 31.9 Å². The van der Waals surface area contributed by atoms with Gasteiger partial charge in [-0.25, -0.2) is 0 Å². The van der Waals surface area contributed by atoms with E-state index in [-0.39, 0.29) is 13.1 Å². The van der Waals surface area contributed by atoms with Gasteiger partial charge in [0.2, 0.25) is 11.8 Å². The molecule has 0 aliphatic rings. The van der Waals surface area contributed by atoms with E-state index in [2.05, 4.69) is 42.5 Å². The number of hydrogen-bond acceptors (Lipinski definition) is 4. The van der Waals surface area contributed by atoms with Crippen molar-refractivity contribution in [2.45, 2.75) is 22.9 Å². The Morgan fingerprint density at radius 3 is 2.37 bits per heavy atom. The summed E-state index contributed by atoms with van der Waals surface area (Å²) >= 11 is 5.74. The minimum absolute atomic E-state index is 0.227. The molecule has 0 atom stereocenters. The molecule has 0 unspecified atom stereocenters. The van der Waals surface area contributed by atoms with Crippen LogP contribution < -0.4 is 10.6 Å². The van der Waals surface area contributed by atoms with Crippen LogP contribution in [0.5, 0.6) is 0 Å². The summed E-state index contributed by atoms with van der Waals surface area (Å²) < 4.78 is 3.42. The first-order valence-corrected chi connectivity index (χ1v) is 7.23. The average molecular weight is 398 g/mol. The van der Waals surface area contributed by atoms with Crippen molar-refractivity contribution in [3.8, 4) is 0 Å². The first-order valence-electron chi connectivity index (χ1n) is 5.64. The smallest absolute Gasteiger partial charge is 0.325 e. The Morgan fingerprint density at radius 2 is 1.84 bits per heavy atom. The Hall–Kier alpha value is -0.565. The quantitative estimate of drug-likeness (QED) is 0.265. The van der Waals surface area contributed by atoms with Crippen LogP contribution in [0, 0.1) is 0 Å². The third kappa shape index (κ3) is 9.95. The Labute approximate surface area is 130 Å². The summed E-state index contributed by atoms with van der Waals surface area (Å²) in [6.07, 6.45) is 1.70. The molecule has 0 aliphatic carbocycles. The highest BCUT2D eigenvalue weighted by atomic mass is 79.9. The predicted octanol–water partition coefficient (Wildman–Crippen LogP) is 0.174. The molecular weight excluding hydrogens is 383 g/mol. The number of nitrogens with one attached hydrogen (secondary N) is 2. The van der Waals surface area contributed by atoms with Gasteiger partial charge in [0.1, 0.15) is 17.5 Å². The van der Waals surface area contributed by atoms with E-state index in [4.69, 9.17) is 12.6 Å². The molecule has 6 nitrogen and oxygen atoms in total. The molecule has 2 N–H and O–H groups in total. The van der Waals surface area contributed by atoms with Crippen LogP contribution in [0.3, 0.4) is 0 Å².